The van der Waals surface area contributed by atoms with Gasteiger partial charge >= 0.3 is 12.1 Å². The zero-order chi connectivity index (χ0) is 17.4. The molecule has 0 aliphatic carbocycles. The van der Waals surface area contributed by atoms with E-state index in [-0.39, 0.29) is 11.5 Å². The molecule has 23 heavy (non-hydrogen) atoms. The Morgan fingerprint density at radius 3 is 2.48 bits per heavy atom. The van der Waals surface area contributed by atoms with Crippen molar-refractivity contribution >= 4 is 11.9 Å². The minimum atomic E-state index is -4.67. The average Bonchev–Trinajstić information content (AvgIpc) is 2.92. The molecule has 1 aromatic rings. The highest BCUT2D eigenvalue weighted by atomic mass is 19.4. The Hall–Kier alpha value is -2.19. The lowest BCUT2D eigenvalue weighted by Gasteiger charge is -2.19. The van der Waals surface area contributed by atoms with Crippen molar-refractivity contribution in [3.8, 4) is 0 Å². The maximum Gasteiger partial charge on any atom is 0.394 e. The molecule has 2 heterocycles. The van der Waals surface area contributed by atoms with E-state index in [9.17, 15) is 22.8 Å². The van der Waals surface area contributed by atoms with Crippen molar-refractivity contribution in [3.05, 3.63) is 23.8 Å². The van der Waals surface area contributed by atoms with Gasteiger partial charge < -0.3 is 10.0 Å². The standard InChI is InChI=1S/C14H16F3N3O3/c1-7(2)11-8(3-18-6-19-11)12(21)20-4-9(13(22)23)10(5-20)14(15,16)17/h3,6-7,9-10H,4-5H2,1-2H3,(H,22,23)/t9-,10-/m1/s1. The van der Waals surface area contributed by atoms with Crippen LogP contribution < -0.4 is 0 Å². The number of rotatable bonds is 3. The fourth-order valence-corrected chi connectivity index (χ4v) is 2.69. The largest absolute Gasteiger partial charge is 0.481 e. The van der Waals surface area contributed by atoms with Gasteiger partial charge in [0, 0.05) is 19.3 Å². The smallest absolute Gasteiger partial charge is 0.394 e. The molecule has 0 radical (unpaired) electrons. The number of carbonyl (C=O) groups is 2. The van der Waals surface area contributed by atoms with Crippen LogP contribution in [-0.2, 0) is 4.79 Å². The number of carbonyl (C=O) groups excluding carboxylic acids is 1. The van der Waals surface area contributed by atoms with Gasteiger partial charge in [0.2, 0.25) is 0 Å². The Morgan fingerprint density at radius 2 is 2.00 bits per heavy atom. The molecule has 1 amide bonds. The highest BCUT2D eigenvalue weighted by molar-refractivity contribution is 5.95. The van der Waals surface area contributed by atoms with Crippen molar-refractivity contribution in [2.24, 2.45) is 11.8 Å². The summed E-state index contributed by atoms with van der Waals surface area (Å²) in [4.78, 5) is 32.2. The predicted molar refractivity (Wildman–Crippen MR) is 72.7 cm³/mol. The molecule has 1 fully saturated rings. The summed E-state index contributed by atoms with van der Waals surface area (Å²) in [6.45, 7) is 2.43. The highest BCUT2D eigenvalue weighted by Crippen LogP contribution is 2.38. The van der Waals surface area contributed by atoms with Crippen LogP contribution in [0.25, 0.3) is 0 Å². The van der Waals surface area contributed by atoms with Gasteiger partial charge in [0.05, 0.1) is 23.1 Å². The quantitative estimate of drug-likeness (QED) is 0.915. The minimum Gasteiger partial charge on any atom is -0.481 e. The number of carboxylic acids is 1. The van der Waals surface area contributed by atoms with Crippen LogP contribution in [0.5, 0.6) is 0 Å². The van der Waals surface area contributed by atoms with E-state index in [4.69, 9.17) is 5.11 Å². The van der Waals surface area contributed by atoms with Crippen molar-refractivity contribution in [2.75, 3.05) is 13.1 Å². The number of aromatic nitrogens is 2. The second-order valence-corrected chi connectivity index (χ2v) is 5.78. The molecule has 0 saturated carbocycles. The summed E-state index contributed by atoms with van der Waals surface area (Å²) in [5.74, 6) is -6.08. The van der Waals surface area contributed by atoms with Gasteiger partial charge in [-0.2, -0.15) is 13.2 Å². The third-order valence-electron chi connectivity index (χ3n) is 3.87. The second-order valence-electron chi connectivity index (χ2n) is 5.78. The van der Waals surface area contributed by atoms with Gasteiger partial charge in [-0.3, -0.25) is 9.59 Å². The van der Waals surface area contributed by atoms with Crippen molar-refractivity contribution in [1.82, 2.24) is 14.9 Å². The number of halogens is 3. The van der Waals surface area contributed by atoms with Gasteiger partial charge in [-0.1, -0.05) is 13.8 Å². The molecule has 0 unspecified atom stereocenters. The lowest BCUT2D eigenvalue weighted by molar-refractivity contribution is -0.187. The first-order chi connectivity index (χ1) is 10.6. The molecule has 1 saturated heterocycles. The maximum atomic E-state index is 13.0. The molecule has 1 aromatic heterocycles. The SMILES string of the molecule is CC(C)c1ncncc1C(=O)N1C[C@@H](C(F)(F)F)[C@H](C(=O)O)C1. The monoisotopic (exact) mass is 331 g/mol. The molecule has 1 N–H and O–H groups in total. The molecule has 0 bridgehead atoms. The Kier molecular flexibility index (Phi) is 4.58. The third kappa shape index (κ3) is 3.43. The van der Waals surface area contributed by atoms with E-state index in [0.717, 1.165) is 4.90 Å². The van der Waals surface area contributed by atoms with Crippen molar-refractivity contribution < 1.29 is 27.9 Å². The van der Waals surface area contributed by atoms with E-state index >= 15 is 0 Å². The fraction of sp³-hybridized carbons (Fsp3) is 0.571. The van der Waals surface area contributed by atoms with Gasteiger partial charge in [0.25, 0.3) is 5.91 Å². The lowest BCUT2D eigenvalue weighted by atomic mass is 9.96. The van der Waals surface area contributed by atoms with Crippen LogP contribution in [0.2, 0.25) is 0 Å². The lowest BCUT2D eigenvalue weighted by Crippen LogP contribution is -2.34. The third-order valence-corrected chi connectivity index (χ3v) is 3.87. The van der Waals surface area contributed by atoms with E-state index in [1.165, 1.54) is 12.5 Å². The second kappa shape index (κ2) is 6.13. The number of aliphatic carboxylic acids is 1. The Morgan fingerprint density at radius 1 is 1.35 bits per heavy atom. The Bertz CT molecular complexity index is 619. The number of hydrogen-bond acceptors (Lipinski definition) is 4. The van der Waals surface area contributed by atoms with Crippen LogP contribution >= 0.6 is 0 Å². The molecule has 1 aliphatic heterocycles. The van der Waals surface area contributed by atoms with Gasteiger partial charge in [0.1, 0.15) is 6.33 Å². The van der Waals surface area contributed by atoms with Crippen LogP contribution in [0.3, 0.4) is 0 Å². The van der Waals surface area contributed by atoms with Gasteiger partial charge in [-0.15, -0.1) is 0 Å². The van der Waals surface area contributed by atoms with Gasteiger partial charge in [-0.05, 0) is 5.92 Å². The van der Waals surface area contributed by atoms with E-state index in [0.29, 0.717) is 5.69 Å². The first-order valence-electron chi connectivity index (χ1n) is 7.01. The summed E-state index contributed by atoms with van der Waals surface area (Å²) in [5.41, 5.74) is 0.529. The van der Waals surface area contributed by atoms with Crippen LogP contribution in [0, 0.1) is 11.8 Å². The molecule has 1 aliphatic rings. The molecule has 0 spiro atoms. The van der Waals surface area contributed by atoms with E-state index in [2.05, 4.69) is 9.97 Å². The molecular weight excluding hydrogens is 315 g/mol. The van der Waals surface area contributed by atoms with Crippen LogP contribution in [-0.4, -0.2) is 51.1 Å². The van der Waals surface area contributed by atoms with Gasteiger partial charge in [0.15, 0.2) is 0 Å². The maximum absolute atomic E-state index is 13.0. The molecule has 6 nitrogen and oxygen atoms in total. The highest BCUT2D eigenvalue weighted by Gasteiger charge is 2.53. The first-order valence-corrected chi connectivity index (χ1v) is 7.01. The molecule has 126 valence electrons. The fourth-order valence-electron chi connectivity index (χ4n) is 2.69. The van der Waals surface area contributed by atoms with Gasteiger partial charge in [-0.25, -0.2) is 9.97 Å². The summed E-state index contributed by atoms with van der Waals surface area (Å²) >= 11 is 0. The molecule has 0 aromatic carbocycles. The Balaban J connectivity index is 2.30. The minimum absolute atomic E-state index is 0.106. The first kappa shape index (κ1) is 17.2. The zero-order valence-corrected chi connectivity index (χ0v) is 12.5. The molecular formula is C14H16F3N3O3. The average molecular weight is 331 g/mol. The molecule has 2 rings (SSSR count). The van der Waals surface area contributed by atoms with Crippen LogP contribution in [0.4, 0.5) is 13.2 Å². The van der Waals surface area contributed by atoms with E-state index in [1.54, 1.807) is 13.8 Å². The summed E-state index contributed by atoms with van der Waals surface area (Å²) in [6.07, 6.45) is -2.16. The summed E-state index contributed by atoms with van der Waals surface area (Å²) in [5, 5.41) is 9.00. The summed E-state index contributed by atoms with van der Waals surface area (Å²) in [7, 11) is 0. The van der Waals surface area contributed by atoms with Crippen molar-refractivity contribution in [3.63, 3.8) is 0 Å². The predicted octanol–water partition coefficient (Wildman–Crippen LogP) is 1.94. The van der Waals surface area contributed by atoms with Crippen LogP contribution in [0.15, 0.2) is 12.5 Å². The molecule has 9 heteroatoms. The van der Waals surface area contributed by atoms with E-state index in [1.807, 2.05) is 0 Å². The zero-order valence-electron chi connectivity index (χ0n) is 12.5. The van der Waals surface area contributed by atoms with Crippen molar-refractivity contribution in [2.45, 2.75) is 25.9 Å². The summed E-state index contributed by atoms with van der Waals surface area (Å²) in [6, 6.07) is 0. The molecule has 2 atom stereocenters. The topological polar surface area (TPSA) is 83.4 Å². The van der Waals surface area contributed by atoms with E-state index < -0.39 is 43.0 Å². The number of nitrogens with zero attached hydrogens (tertiary/aromatic N) is 3. The summed E-state index contributed by atoms with van der Waals surface area (Å²) < 4.78 is 39.0. The number of likely N-dealkylation sites (tertiary alicyclic amines) is 1. The number of carboxylic acid groups (broad SMARTS) is 1. The van der Waals surface area contributed by atoms with Crippen LogP contribution in [0.1, 0.15) is 35.8 Å². The Labute approximate surface area is 130 Å². The van der Waals surface area contributed by atoms with Crippen molar-refractivity contribution in [1.29, 1.82) is 0 Å². The normalized spacial score (nSPS) is 21.7. The number of hydrogen-bond donors (Lipinski definition) is 1. The number of alkyl halides is 3. The number of amides is 1.